The van der Waals surface area contributed by atoms with Crippen LogP contribution >= 0.6 is 0 Å². The van der Waals surface area contributed by atoms with E-state index in [1.807, 2.05) is 0 Å². The minimum atomic E-state index is -1.17. The number of ether oxygens (including phenoxy) is 2. The van der Waals surface area contributed by atoms with Gasteiger partial charge < -0.3 is 9.47 Å². The van der Waals surface area contributed by atoms with E-state index in [0.29, 0.717) is 6.10 Å². The fraction of sp³-hybridized carbons (Fsp3) is 0.600. The summed E-state index contributed by atoms with van der Waals surface area (Å²) in [4.78, 5) is 0. The molecule has 0 spiro atoms. The lowest BCUT2D eigenvalue weighted by molar-refractivity contribution is -0.0390. The third-order valence-electron chi connectivity index (χ3n) is 3.47. The summed E-state index contributed by atoms with van der Waals surface area (Å²) >= 11 is 0. The molecule has 0 bridgehead atoms. The lowest BCUT2D eigenvalue weighted by Gasteiger charge is -2.22. The topological polar surface area (TPSA) is 18.5 Å². The van der Waals surface area contributed by atoms with Gasteiger partial charge in [0, 0.05) is 13.2 Å². The zero-order chi connectivity index (χ0) is 13.0. The van der Waals surface area contributed by atoms with Crippen molar-refractivity contribution in [2.45, 2.75) is 45.2 Å². The summed E-state index contributed by atoms with van der Waals surface area (Å²) in [7, 11) is -1.17. The van der Waals surface area contributed by atoms with Gasteiger partial charge in [0.15, 0.2) is 0 Å². The molecule has 0 amide bonds. The highest BCUT2D eigenvalue weighted by Crippen LogP contribution is 2.13. The molecule has 2 rings (SSSR count). The lowest BCUT2D eigenvalue weighted by atomic mass is 10.1. The molecule has 0 unspecified atom stereocenters. The van der Waals surface area contributed by atoms with Gasteiger partial charge in [-0.15, -0.1) is 0 Å². The predicted molar refractivity (Wildman–Crippen MR) is 78.1 cm³/mol. The molecule has 1 heterocycles. The Morgan fingerprint density at radius 3 is 2.28 bits per heavy atom. The molecule has 1 saturated heterocycles. The minimum absolute atomic E-state index is 0.385. The van der Waals surface area contributed by atoms with Crippen LogP contribution in [0, 0.1) is 0 Å². The Bertz CT molecular complexity index is 361. The second-order valence-electron chi connectivity index (χ2n) is 6.07. The highest BCUT2D eigenvalue weighted by molar-refractivity contribution is 6.88. The Balaban J connectivity index is 1.86. The average molecular weight is 264 g/mol. The highest BCUT2D eigenvalue weighted by Gasteiger charge is 2.16. The molecule has 18 heavy (non-hydrogen) atoms. The normalized spacial score (nSPS) is 17.9. The van der Waals surface area contributed by atoms with Crippen LogP contribution in [-0.4, -0.2) is 27.4 Å². The zero-order valence-electron chi connectivity index (χ0n) is 11.7. The van der Waals surface area contributed by atoms with Gasteiger partial charge in [-0.25, -0.2) is 0 Å². The van der Waals surface area contributed by atoms with Crippen LogP contribution in [0.25, 0.3) is 0 Å². The monoisotopic (exact) mass is 264 g/mol. The number of benzene rings is 1. The molecule has 0 atom stereocenters. The van der Waals surface area contributed by atoms with Crippen molar-refractivity contribution in [2.24, 2.45) is 0 Å². The van der Waals surface area contributed by atoms with E-state index in [1.54, 1.807) is 0 Å². The molecule has 0 radical (unpaired) electrons. The maximum atomic E-state index is 5.93. The Hall–Kier alpha value is -0.643. The first-order chi connectivity index (χ1) is 8.55. The quantitative estimate of drug-likeness (QED) is 0.779. The Morgan fingerprint density at radius 1 is 1.11 bits per heavy atom. The second kappa shape index (κ2) is 6.00. The molecule has 1 aliphatic heterocycles. The summed E-state index contributed by atoms with van der Waals surface area (Å²) in [6.45, 7) is 9.55. The maximum absolute atomic E-state index is 5.93. The standard InChI is InChI=1S/C15H24O2Si/c1-18(2,3)15-6-4-13(5-7-15)12-17-14-8-10-16-11-9-14/h4-7,14H,8-12H2,1-3H3. The van der Waals surface area contributed by atoms with E-state index in [9.17, 15) is 0 Å². The molecular weight excluding hydrogens is 240 g/mol. The molecule has 0 saturated carbocycles. The van der Waals surface area contributed by atoms with Crippen molar-refractivity contribution < 1.29 is 9.47 Å². The van der Waals surface area contributed by atoms with Gasteiger partial charge in [0.25, 0.3) is 0 Å². The predicted octanol–water partition coefficient (Wildman–Crippen LogP) is 2.93. The van der Waals surface area contributed by atoms with Crippen molar-refractivity contribution in [3.8, 4) is 0 Å². The van der Waals surface area contributed by atoms with Gasteiger partial charge in [0.2, 0.25) is 0 Å². The van der Waals surface area contributed by atoms with Gasteiger partial charge in [0.1, 0.15) is 0 Å². The molecule has 1 aromatic rings. The van der Waals surface area contributed by atoms with Crippen LogP contribution in [0.1, 0.15) is 18.4 Å². The van der Waals surface area contributed by atoms with Crippen LogP contribution in [0.2, 0.25) is 19.6 Å². The van der Waals surface area contributed by atoms with Crippen molar-refractivity contribution >= 4 is 13.3 Å². The SMILES string of the molecule is C[Si](C)(C)c1ccc(COC2CCOCC2)cc1. The van der Waals surface area contributed by atoms with Gasteiger partial charge in [-0.05, 0) is 18.4 Å². The van der Waals surface area contributed by atoms with Crippen LogP contribution in [0.4, 0.5) is 0 Å². The van der Waals surface area contributed by atoms with E-state index in [2.05, 4.69) is 43.9 Å². The second-order valence-corrected chi connectivity index (χ2v) is 11.1. The summed E-state index contributed by atoms with van der Waals surface area (Å²) in [6, 6.07) is 8.98. The number of hydrogen-bond donors (Lipinski definition) is 0. The summed E-state index contributed by atoms with van der Waals surface area (Å²) in [5.74, 6) is 0. The molecule has 2 nitrogen and oxygen atoms in total. The van der Waals surface area contributed by atoms with Gasteiger partial charge in [-0.2, -0.15) is 0 Å². The van der Waals surface area contributed by atoms with E-state index in [0.717, 1.165) is 32.7 Å². The van der Waals surface area contributed by atoms with Crippen LogP contribution in [0.3, 0.4) is 0 Å². The van der Waals surface area contributed by atoms with E-state index in [4.69, 9.17) is 9.47 Å². The Labute approximate surface area is 111 Å². The zero-order valence-corrected chi connectivity index (χ0v) is 12.7. The van der Waals surface area contributed by atoms with Crippen LogP contribution < -0.4 is 5.19 Å². The van der Waals surface area contributed by atoms with Crippen LogP contribution in [0.5, 0.6) is 0 Å². The van der Waals surface area contributed by atoms with E-state index >= 15 is 0 Å². The Morgan fingerprint density at radius 2 is 1.72 bits per heavy atom. The van der Waals surface area contributed by atoms with Crippen LogP contribution in [0.15, 0.2) is 24.3 Å². The fourth-order valence-corrected chi connectivity index (χ4v) is 3.32. The van der Waals surface area contributed by atoms with Crippen LogP contribution in [-0.2, 0) is 16.1 Å². The van der Waals surface area contributed by atoms with Gasteiger partial charge in [-0.1, -0.05) is 49.1 Å². The van der Waals surface area contributed by atoms with Crippen molar-refractivity contribution in [1.82, 2.24) is 0 Å². The third-order valence-corrected chi connectivity index (χ3v) is 5.54. The van der Waals surface area contributed by atoms with E-state index in [1.165, 1.54) is 10.8 Å². The molecule has 1 aliphatic rings. The molecular formula is C15H24O2Si. The molecule has 0 N–H and O–H groups in total. The largest absolute Gasteiger partial charge is 0.381 e. The van der Waals surface area contributed by atoms with Gasteiger partial charge >= 0.3 is 0 Å². The minimum Gasteiger partial charge on any atom is -0.381 e. The molecule has 1 fully saturated rings. The highest BCUT2D eigenvalue weighted by atomic mass is 28.3. The number of hydrogen-bond acceptors (Lipinski definition) is 2. The van der Waals surface area contributed by atoms with E-state index in [-0.39, 0.29) is 0 Å². The van der Waals surface area contributed by atoms with E-state index < -0.39 is 8.07 Å². The average Bonchev–Trinajstić information content (AvgIpc) is 2.37. The van der Waals surface area contributed by atoms with Crippen molar-refractivity contribution in [1.29, 1.82) is 0 Å². The summed E-state index contributed by atoms with van der Waals surface area (Å²) in [6.07, 6.45) is 2.45. The Kier molecular flexibility index (Phi) is 4.59. The molecule has 3 heteroatoms. The molecule has 0 aromatic heterocycles. The van der Waals surface area contributed by atoms with Crippen molar-refractivity contribution in [3.05, 3.63) is 29.8 Å². The van der Waals surface area contributed by atoms with Crippen molar-refractivity contribution in [3.63, 3.8) is 0 Å². The first kappa shape index (κ1) is 13.8. The molecule has 0 aliphatic carbocycles. The molecule has 1 aromatic carbocycles. The fourth-order valence-electron chi connectivity index (χ4n) is 2.16. The first-order valence-corrected chi connectivity index (χ1v) is 10.3. The van der Waals surface area contributed by atoms with Crippen molar-refractivity contribution in [2.75, 3.05) is 13.2 Å². The lowest BCUT2D eigenvalue weighted by Crippen LogP contribution is -2.37. The van der Waals surface area contributed by atoms with Gasteiger partial charge in [0.05, 0.1) is 20.8 Å². The summed E-state index contributed by atoms with van der Waals surface area (Å²) < 4.78 is 11.3. The van der Waals surface area contributed by atoms with Gasteiger partial charge in [-0.3, -0.25) is 0 Å². The first-order valence-electron chi connectivity index (χ1n) is 6.84. The maximum Gasteiger partial charge on any atom is 0.0775 e. The third kappa shape index (κ3) is 3.94. The summed E-state index contributed by atoms with van der Waals surface area (Å²) in [5.41, 5.74) is 1.28. The number of rotatable bonds is 4. The molecule has 100 valence electrons. The smallest absolute Gasteiger partial charge is 0.0775 e. The summed E-state index contributed by atoms with van der Waals surface area (Å²) in [5, 5.41) is 1.51.